The lowest BCUT2D eigenvalue weighted by Gasteiger charge is -2.12. The Morgan fingerprint density at radius 1 is 1.07 bits per heavy atom. The van der Waals surface area contributed by atoms with Gasteiger partial charge in [-0.2, -0.15) is 8.78 Å². The second kappa shape index (κ2) is 8.98. The maximum Gasteiger partial charge on any atom is 0.387 e. The number of carbonyl (C=O) groups excluding carboxylic acids is 2. The number of benzene rings is 2. The molecule has 0 aliphatic carbocycles. The fraction of sp³-hybridized carbons (Fsp3) is 0.263. The summed E-state index contributed by atoms with van der Waals surface area (Å²) in [5, 5.41) is 2.66. The molecule has 2 rings (SSSR count). The molecular weight excluding hydrogens is 358 g/mol. The molecule has 2 aromatic rings. The second-order valence-electron chi connectivity index (χ2n) is 5.86. The number of anilines is 1. The molecule has 8 heteroatoms. The number of rotatable bonds is 7. The van der Waals surface area contributed by atoms with E-state index in [0.29, 0.717) is 5.69 Å². The van der Waals surface area contributed by atoms with Crippen LogP contribution in [0.15, 0.2) is 42.5 Å². The van der Waals surface area contributed by atoms with Gasteiger partial charge in [-0.05, 0) is 35.9 Å². The normalized spacial score (nSPS) is 10.4. The fourth-order valence-electron chi connectivity index (χ4n) is 2.25. The van der Waals surface area contributed by atoms with Crippen LogP contribution in [0.4, 0.5) is 14.5 Å². The smallest absolute Gasteiger partial charge is 0.387 e. The fourth-order valence-corrected chi connectivity index (χ4v) is 2.25. The molecule has 0 aliphatic heterocycles. The number of halogens is 2. The highest BCUT2D eigenvalue weighted by Crippen LogP contribution is 2.29. The van der Waals surface area contributed by atoms with Crippen LogP contribution in [0, 0.1) is 0 Å². The van der Waals surface area contributed by atoms with Crippen LogP contribution in [-0.2, 0) is 11.2 Å². The number of ether oxygens (including phenoxy) is 2. The van der Waals surface area contributed by atoms with E-state index in [1.54, 1.807) is 38.4 Å². The number of methoxy groups -OCH3 is 1. The molecule has 6 nitrogen and oxygen atoms in total. The first-order valence-electron chi connectivity index (χ1n) is 8.03. The van der Waals surface area contributed by atoms with Crippen LogP contribution in [-0.4, -0.2) is 44.5 Å². The molecule has 144 valence electrons. The summed E-state index contributed by atoms with van der Waals surface area (Å²) < 4.78 is 34.3. The van der Waals surface area contributed by atoms with Gasteiger partial charge in [-0.15, -0.1) is 0 Å². The van der Waals surface area contributed by atoms with Crippen molar-refractivity contribution in [3.05, 3.63) is 53.6 Å². The largest absolute Gasteiger partial charge is 0.493 e. The molecule has 0 radical (unpaired) electrons. The van der Waals surface area contributed by atoms with Crippen molar-refractivity contribution in [3.8, 4) is 11.5 Å². The molecule has 0 atom stereocenters. The van der Waals surface area contributed by atoms with Crippen LogP contribution in [0.2, 0.25) is 0 Å². The van der Waals surface area contributed by atoms with E-state index in [1.807, 2.05) is 0 Å². The molecule has 0 aromatic heterocycles. The van der Waals surface area contributed by atoms with Crippen molar-refractivity contribution in [2.24, 2.45) is 0 Å². The van der Waals surface area contributed by atoms with E-state index in [2.05, 4.69) is 10.1 Å². The predicted octanol–water partition coefficient (Wildman–Crippen LogP) is 3.18. The van der Waals surface area contributed by atoms with Crippen LogP contribution >= 0.6 is 0 Å². The first-order chi connectivity index (χ1) is 12.8. The summed E-state index contributed by atoms with van der Waals surface area (Å²) in [6, 6.07) is 10.8. The van der Waals surface area contributed by atoms with E-state index in [0.717, 1.165) is 5.56 Å². The minimum absolute atomic E-state index is 0.0309. The molecule has 0 bridgehead atoms. The minimum atomic E-state index is -3.03. The molecule has 2 amide bonds. The summed E-state index contributed by atoms with van der Waals surface area (Å²) in [5.41, 5.74) is 1.45. The molecule has 1 N–H and O–H groups in total. The topological polar surface area (TPSA) is 67.9 Å². The maximum atomic E-state index is 12.5. The van der Waals surface area contributed by atoms with Gasteiger partial charge in [-0.3, -0.25) is 9.59 Å². The van der Waals surface area contributed by atoms with Gasteiger partial charge in [0.25, 0.3) is 5.91 Å². The van der Waals surface area contributed by atoms with Gasteiger partial charge in [0.2, 0.25) is 5.91 Å². The number of hydrogen-bond acceptors (Lipinski definition) is 4. The standard InChI is InChI=1S/C19H20F2N2O4/c1-23(2)17(24)10-12-4-7-14(8-5-12)22-18(25)13-6-9-15(26-3)16(11-13)27-19(20)21/h4-9,11,19H,10H2,1-3H3,(H,22,25). The summed E-state index contributed by atoms with van der Waals surface area (Å²) >= 11 is 0. The van der Waals surface area contributed by atoms with Gasteiger partial charge in [-0.1, -0.05) is 12.1 Å². The number of nitrogens with zero attached hydrogens (tertiary/aromatic N) is 1. The number of likely N-dealkylation sites (N-methyl/N-ethyl adjacent to an activating group) is 1. The van der Waals surface area contributed by atoms with Crippen LogP contribution in [0.1, 0.15) is 15.9 Å². The Kier molecular flexibility index (Phi) is 6.70. The minimum Gasteiger partial charge on any atom is -0.493 e. The molecule has 27 heavy (non-hydrogen) atoms. The van der Waals surface area contributed by atoms with Crippen molar-refractivity contribution in [3.63, 3.8) is 0 Å². The van der Waals surface area contributed by atoms with Crippen molar-refractivity contribution >= 4 is 17.5 Å². The third-order valence-electron chi connectivity index (χ3n) is 3.71. The van der Waals surface area contributed by atoms with Crippen LogP contribution < -0.4 is 14.8 Å². The first kappa shape index (κ1) is 20.2. The zero-order valence-corrected chi connectivity index (χ0v) is 15.2. The quantitative estimate of drug-likeness (QED) is 0.804. The second-order valence-corrected chi connectivity index (χ2v) is 5.86. The van der Waals surface area contributed by atoms with Crippen molar-refractivity contribution < 1.29 is 27.8 Å². The van der Waals surface area contributed by atoms with Crippen molar-refractivity contribution in [1.82, 2.24) is 4.90 Å². The molecule has 2 aromatic carbocycles. The van der Waals surface area contributed by atoms with Gasteiger partial charge in [0, 0.05) is 25.3 Å². The summed E-state index contributed by atoms with van der Waals surface area (Å²) in [6.45, 7) is -3.03. The summed E-state index contributed by atoms with van der Waals surface area (Å²) in [7, 11) is 4.67. The number of alkyl halides is 2. The SMILES string of the molecule is COc1ccc(C(=O)Nc2ccc(CC(=O)N(C)C)cc2)cc1OC(F)F. The van der Waals surface area contributed by atoms with Gasteiger partial charge < -0.3 is 19.7 Å². The number of carbonyl (C=O) groups is 2. The first-order valence-corrected chi connectivity index (χ1v) is 8.03. The summed E-state index contributed by atoms with van der Waals surface area (Å²) in [4.78, 5) is 25.5. The van der Waals surface area contributed by atoms with Gasteiger partial charge in [-0.25, -0.2) is 0 Å². The third kappa shape index (κ3) is 5.67. The molecule has 0 aliphatic rings. The average molecular weight is 378 g/mol. The maximum absolute atomic E-state index is 12.5. The molecular formula is C19H20F2N2O4. The van der Waals surface area contributed by atoms with Gasteiger partial charge in [0.05, 0.1) is 13.5 Å². The third-order valence-corrected chi connectivity index (χ3v) is 3.71. The summed E-state index contributed by atoms with van der Waals surface area (Å²) in [6.07, 6.45) is 0.258. The molecule has 0 heterocycles. The number of hydrogen-bond donors (Lipinski definition) is 1. The summed E-state index contributed by atoms with van der Waals surface area (Å²) in [5.74, 6) is -0.648. The monoisotopic (exact) mass is 378 g/mol. The van der Waals surface area contributed by atoms with Crippen LogP contribution in [0.25, 0.3) is 0 Å². The highest BCUT2D eigenvalue weighted by Gasteiger charge is 2.15. The average Bonchev–Trinajstić information content (AvgIpc) is 2.62. The number of amides is 2. The van der Waals surface area contributed by atoms with Crippen molar-refractivity contribution in [1.29, 1.82) is 0 Å². The Morgan fingerprint density at radius 3 is 2.30 bits per heavy atom. The van der Waals surface area contributed by atoms with E-state index in [4.69, 9.17) is 4.74 Å². The Hall–Kier alpha value is -3.16. The highest BCUT2D eigenvalue weighted by atomic mass is 19.3. The van der Waals surface area contributed by atoms with E-state index < -0.39 is 12.5 Å². The molecule has 0 saturated carbocycles. The van der Waals surface area contributed by atoms with Crippen LogP contribution in [0.3, 0.4) is 0 Å². The molecule has 0 saturated heterocycles. The van der Waals surface area contributed by atoms with Crippen LogP contribution in [0.5, 0.6) is 11.5 Å². The Morgan fingerprint density at radius 2 is 1.74 bits per heavy atom. The van der Waals surface area contributed by atoms with Crippen molar-refractivity contribution in [2.75, 3.05) is 26.5 Å². The van der Waals surface area contributed by atoms with E-state index in [-0.39, 0.29) is 29.4 Å². The zero-order valence-electron chi connectivity index (χ0n) is 15.2. The van der Waals surface area contributed by atoms with Gasteiger partial charge in [0.15, 0.2) is 11.5 Å². The van der Waals surface area contributed by atoms with Gasteiger partial charge in [0.1, 0.15) is 0 Å². The Labute approximate surface area is 155 Å². The Balaban J connectivity index is 2.09. The highest BCUT2D eigenvalue weighted by molar-refractivity contribution is 6.04. The van der Waals surface area contributed by atoms with Gasteiger partial charge >= 0.3 is 6.61 Å². The van der Waals surface area contributed by atoms with Crippen molar-refractivity contribution in [2.45, 2.75) is 13.0 Å². The molecule has 0 spiro atoms. The zero-order chi connectivity index (χ0) is 20.0. The lowest BCUT2D eigenvalue weighted by molar-refractivity contribution is -0.127. The lowest BCUT2D eigenvalue weighted by Crippen LogP contribution is -2.23. The molecule has 0 unspecified atom stereocenters. The predicted molar refractivity (Wildman–Crippen MR) is 96.4 cm³/mol. The molecule has 0 fully saturated rings. The Bertz CT molecular complexity index is 808. The number of nitrogens with one attached hydrogen (secondary N) is 1. The lowest BCUT2D eigenvalue weighted by atomic mass is 10.1. The van der Waals surface area contributed by atoms with E-state index in [1.165, 1.54) is 30.2 Å². The van der Waals surface area contributed by atoms with E-state index >= 15 is 0 Å². The van der Waals surface area contributed by atoms with E-state index in [9.17, 15) is 18.4 Å².